The van der Waals surface area contributed by atoms with Gasteiger partial charge in [0, 0.05) is 30.0 Å². The van der Waals surface area contributed by atoms with Gasteiger partial charge in [-0.3, -0.25) is 4.79 Å². The van der Waals surface area contributed by atoms with E-state index in [0.29, 0.717) is 24.3 Å². The van der Waals surface area contributed by atoms with E-state index in [9.17, 15) is 14.0 Å². The summed E-state index contributed by atoms with van der Waals surface area (Å²) in [6, 6.07) is 20.3. The predicted octanol–water partition coefficient (Wildman–Crippen LogP) is 4.35. The molecule has 4 rings (SSSR count). The quantitative estimate of drug-likeness (QED) is 0.697. The molecule has 0 atom stereocenters. The molecule has 0 saturated carbocycles. The van der Waals surface area contributed by atoms with Crippen molar-refractivity contribution in [3.63, 3.8) is 0 Å². The van der Waals surface area contributed by atoms with E-state index in [4.69, 9.17) is 0 Å². The van der Waals surface area contributed by atoms with Gasteiger partial charge in [-0.05, 0) is 60.0 Å². The van der Waals surface area contributed by atoms with Crippen LogP contribution in [0.5, 0.6) is 0 Å². The molecule has 0 aliphatic carbocycles. The Balaban J connectivity index is 1.42. The van der Waals surface area contributed by atoms with Crippen LogP contribution in [0.3, 0.4) is 0 Å². The fourth-order valence-corrected chi connectivity index (χ4v) is 3.37. The second kappa shape index (κ2) is 8.14. The van der Waals surface area contributed by atoms with E-state index >= 15 is 0 Å². The van der Waals surface area contributed by atoms with Crippen molar-refractivity contribution in [2.75, 3.05) is 16.8 Å². The van der Waals surface area contributed by atoms with Crippen LogP contribution in [0, 0.1) is 5.82 Å². The average molecular weight is 389 g/mol. The highest BCUT2D eigenvalue weighted by molar-refractivity contribution is 6.07. The number of carbonyl (C=O) groups is 2. The fourth-order valence-electron chi connectivity index (χ4n) is 3.37. The Kier molecular flexibility index (Phi) is 5.24. The van der Waals surface area contributed by atoms with Crippen LogP contribution in [0.25, 0.3) is 0 Å². The Bertz CT molecular complexity index is 1040. The summed E-state index contributed by atoms with van der Waals surface area (Å²) < 4.78 is 12.9. The second-order valence-corrected chi connectivity index (χ2v) is 6.85. The van der Waals surface area contributed by atoms with Crippen molar-refractivity contribution in [1.82, 2.24) is 5.32 Å². The zero-order valence-electron chi connectivity index (χ0n) is 15.7. The number of nitrogens with one attached hydrogen (secondary N) is 2. The van der Waals surface area contributed by atoms with Crippen LogP contribution in [0.1, 0.15) is 21.5 Å². The van der Waals surface area contributed by atoms with Crippen molar-refractivity contribution in [1.29, 1.82) is 0 Å². The number of urea groups is 1. The first-order chi connectivity index (χ1) is 14.1. The van der Waals surface area contributed by atoms with Crippen molar-refractivity contribution in [2.24, 2.45) is 0 Å². The van der Waals surface area contributed by atoms with Crippen LogP contribution in [-0.4, -0.2) is 18.5 Å². The highest BCUT2D eigenvalue weighted by atomic mass is 19.1. The fraction of sp³-hybridized carbons (Fsp3) is 0.130. The topological polar surface area (TPSA) is 61.4 Å². The van der Waals surface area contributed by atoms with Crippen LogP contribution < -0.4 is 15.5 Å². The lowest BCUT2D eigenvalue weighted by molar-refractivity contribution is 0.0989. The minimum atomic E-state index is -0.380. The number of benzene rings is 3. The highest BCUT2D eigenvalue weighted by Gasteiger charge is 2.25. The summed E-state index contributed by atoms with van der Waals surface area (Å²) in [4.78, 5) is 26.7. The molecule has 1 aliphatic rings. The Morgan fingerprint density at radius 1 is 0.966 bits per heavy atom. The van der Waals surface area contributed by atoms with Gasteiger partial charge in [-0.25, -0.2) is 9.18 Å². The van der Waals surface area contributed by atoms with Crippen molar-refractivity contribution < 1.29 is 14.0 Å². The smallest absolute Gasteiger partial charge is 0.319 e. The van der Waals surface area contributed by atoms with Gasteiger partial charge in [0.05, 0.1) is 0 Å². The van der Waals surface area contributed by atoms with Crippen LogP contribution in [0.15, 0.2) is 72.8 Å². The number of carbonyl (C=O) groups excluding carboxylic acids is 2. The molecule has 0 radical (unpaired) electrons. The lowest BCUT2D eigenvalue weighted by atomic mass is 10.1. The lowest BCUT2D eigenvalue weighted by Gasteiger charge is -2.18. The van der Waals surface area contributed by atoms with E-state index in [2.05, 4.69) is 10.6 Å². The Hall–Kier alpha value is -3.67. The second-order valence-electron chi connectivity index (χ2n) is 6.85. The van der Waals surface area contributed by atoms with Gasteiger partial charge < -0.3 is 15.5 Å². The summed E-state index contributed by atoms with van der Waals surface area (Å²) in [6.45, 7) is 0.957. The maximum absolute atomic E-state index is 12.9. The Morgan fingerprint density at radius 2 is 1.72 bits per heavy atom. The lowest BCUT2D eigenvalue weighted by Crippen LogP contribution is -2.29. The number of rotatable bonds is 4. The van der Waals surface area contributed by atoms with Crippen LogP contribution >= 0.6 is 0 Å². The summed E-state index contributed by atoms with van der Waals surface area (Å²) in [5.41, 5.74) is 4.07. The molecule has 0 spiro atoms. The van der Waals surface area contributed by atoms with Gasteiger partial charge in [-0.15, -0.1) is 0 Å². The van der Waals surface area contributed by atoms with Gasteiger partial charge in [-0.1, -0.05) is 30.3 Å². The number of nitrogens with zero attached hydrogens (tertiary/aromatic N) is 1. The number of amides is 3. The van der Waals surface area contributed by atoms with Crippen molar-refractivity contribution in [2.45, 2.75) is 13.0 Å². The third kappa shape index (κ3) is 4.27. The molecule has 3 aromatic carbocycles. The minimum absolute atomic E-state index is 0.0245. The molecule has 0 aromatic heterocycles. The standard InChI is InChI=1S/C23H20FN3O2/c24-19-8-10-20(11-9-19)26-23(29)25-15-16-6-7-17-12-13-27(21(17)14-16)22(28)18-4-2-1-3-5-18/h1-11,14H,12-13,15H2,(H2,25,26,29). The predicted molar refractivity (Wildman–Crippen MR) is 111 cm³/mol. The minimum Gasteiger partial charge on any atom is -0.334 e. The molecule has 2 N–H and O–H groups in total. The average Bonchev–Trinajstić information content (AvgIpc) is 3.17. The largest absolute Gasteiger partial charge is 0.334 e. The normalized spacial score (nSPS) is 12.4. The molecule has 29 heavy (non-hydrogen) atoms. The summed E-state index contributed by atoms with van der Waals surface area (Å²) in [5, 5.41) is 5.44. The molecular formula is C23H20FN3O2. The molecule has 3 aromatic rings. The SMILES string of the molecule is O=C(NCc1ccc2c(c1)N(C(=O)c1ccccc1)CC2)Nc1ccc(F)cc1. The molecule has 1 aliphatic heterocycles. The van der Waals surface area contributed by atoms with E-state index in [-0.39, 0.29) is 17.8 Å². The zero-order valence-corrected chi connectivity index (χ0v) is 15.7. The number of hydrogen-bond donors (Lipinski definition) is 2. The highest BCUT2D eigenvalue weighted by Crippen LogP contribution is 2.30. The summed E-state index contributed by atoms with van der Waals surface area (Å²) in [6.07, 6.45) is 0.812. The van der Waals surface area contributed by atoms with Crippen LogP contribution in [0.4, 0.5) is 20.6 Å². The monoisotopic (exact) mass is 389 g/mol. The summed E-state index contributed by atoms with van der Waals surface area (Å²) in [5.74, 6) is -0.382. The van der Waals surface area contributed by atoms with Gasteiger partial charge in [-0.2, -0.15) is 0 Å². The van der Waals surface area contributed by atoms with E-state index in [1.54, 1.807) is 4.90 Å². The molecular weight excluding hydrogens is 369 g/mol. The first-order valence-corrected chi connectivity index (χ1v) is 9.39. The van der Waals surface area contributed by atoms with Crippen molar-refractivity contribution in [3.05, 3.63) is 95.3 Å². The van der Waals surface area contributed by atoms with Gasteiger partial charge in [0.2, 0.25) is 0 Å². The van der Waals surface area contributed by atoms with Crippen LogP contribution in [0.2, 0.25) is 0 Å². The molecule has 3 amide bonds. The zero-order chi connectivity index (χ0) is 20.2. The molecule has 0 unspecified atom stereocenters. The Labute approximate surface area is 168 Å². The molecule has 0 fully saturated rings. The van der Waals surface area contributed by atoms with Crippen molar-refractivity contribution in [3.8, 4) is 0 Å². The van der Waals surface area contributed by atoms with Gasteiger partial charge >= 0.3 is 6.03 Å². The maximum Gasteiger partial charge on any atom is 0.319 e. The third-order valence-corrected chi connectivity index (χ3v) is 4.87. The number of anilines is 2. The van der Waals surface area contributed by atoms with E-state index < -0.39 is 0 Å². The first-order valence-electron chi connectivity index (χ1n) is 9.39. The van der Waals surface area contributed by atoms with Gasteiger partial charge in [0.25, 0.3) is 5.91 Å². The molecule has 5 nitrogen and oxygen atoms in total. The molecule has 1 heterocycles. The van der Waals surface area contributed by atoms with E-state index in [0.717, 1.165) is 23.2 Å². The molecule has 0 saturated heterocycles. The molecule has 0 bridgehead atoms. The van der Waals surface area contributed by atoms with Crippen LogP contribution in [-0.2, 0) is 13.0 Å². The van der Waals surface area contributed by atoms with Gasteiger partial charge in [0.1, 0.15) is 5.82 Å². The number of fused-ring (bicyclic) bond motifs is 1. The number of halogens is 1. The third-order valence-electron chi connectivity index (χ3n) is 4.87. The summed E-state index contributed by atoms with van der Waals surface area (Å²) >= 11 is 0. The maximum atomic E-state index is 12.9. The molecule has 146 valence electrons. The number of hydrogen-bond acceptors (Lipinski definition) is 2. The Morgan fingerprint density at radius 3 is 2.48 bits per heavy atom. The van der Waals surface area contributed by atoms with E-state index in [1.165, 1.54) is 24.3 Å². The molecule has 6 heteroatoms. The first kappa shape index (κ1) is 18.7. The van der Waals surface area contributed by atoms with E-state index in [1.807, 2.05) is 48.5 Å². The summed E-state index contributed by atoms with van der Waals surface area (Å²) in [7, 11) is 0. The van der Waals surface area contributed by atoms with Crippen molar-refractivity contribution >= 4 is 23.3 Å². The van der Waals surface area contributed by atoms with Gasteiger partial charge in [0.15, 0.2) is 0 Å².